The first-order valence-electron chi connectivity index (χ1n) is 11.4. The maximum atomic E-state index is 6.06. The SMILES string of the molecule is CCCCCCCCCCCCCCCCNCCOc1ccccc1Cl. The minimum absolute atomic E-state index is 0.669. The number of hydrogen-bond donors (Lipinski definition) is 1. The molecule has 0 amide bonds. The van der Waals surface area contributed by atoms with Crippen LogP contribution in [0.1, 0.15) is 96.8 Å². The fourth-order valence-electron chi connectivity index (χ4n) is 3.36. The van der Waals surface area contributed by atoms with Gasteiger partial charge in [0.15, 0.2) is 0 Å². The van der Waals surface area contributed by atoms with E-state index in [0.29, 0.717) is 11.6 Å². The van der Waals surface area contributed by atoms with Crippen LogP contribution in [0.4, 0.5) is 0 Å². The van der Waals surface area contributed by atoms with E-state index in [1.54, 1.807) is 0 Å². The molecule has 156 valence electrons. The Labute approximate surface area is 173 Å². The molecule has 2 nitrogen and oxygen atoms in total. The second-order valence-electron chi connectivity index (χ2n) is 7.63. The fourth-order valence-corrected chi connectivity index (χ4v) is 3.55. The summed E-state index contributed by atoms with van der Waals surface area (Å²) in [6.07, 6.45) is 19.7. The van der Waals surface area contributed by atoms with Gasteiger partial charge < -0.3 is 10.1 Å². The molecule has 1 aromatic rings. The van der Waals surface area contributed by atoms with Gasteiger partial charge in [-0.05, 0) is 25.1 Å². The second-order valence-corrected chi connectivity index (χ2v) is 8.03. The van der Waals surface area contributed by atoms with E-state index < -0.39 is 0 Å². The molecule has 0 unspecified atom stereocenters. The lowest BCUT2D eigenvalue weighted by Gasteiger charge is -2.08. The van der Waals surface area contributed by atoms with Crippen LogP contribution < -0.4 is 10.1 Å². The zero-order valence-corrected chi connectivity index (χ0v) is 18.4. The number of unbranched alkanes of at least 4 members (excludes halogenated alkanes) is 13. The van der Waals surface area contributed by atoms with Gasteiger partial charge in [0.2, 0.25) is 0 Å². The fraction of sp³-hybridized carbons (Fsp3) is 0.750. The molecule has 0 aliphatic carbocycles. The summed E-state index contributed by atoms with van der Waals surface area (Å²) in [5.41, 5.74) is 0. The van der Waals surface area contributed by atoms with E-state index >= 15 is 0 Å². The molecule has 27 heavy (non-hydrogen) atoms. The third kappa shape index (κ3) is 14.9. The lowest BCUT2D eigenvalue weighted by Crippen LogP contribution is -2.22. The molecule has 0 radical (unpaired) electrons. The molecule has 3 heteroatoms. The standard InChI is InChI=1S/C24H42ClNO/c1-2-3-4-5-6-7-8-9-10-11-12-13-14-17-20-26-21-22-27-24-19-16-15-18-23(24)25/h15-16,18-19,26H,2-14,17,20-22H2,1H3. The molecular weight excluding hydrogens is 354 g/mol. The van der Waals surface area contributed by atoms with Crippen LogP contribution in [0.2, 0.25) is 5.02 Å². The van der Waals surface area contributed by atoms with Gasteiger partial charge in [0, 0.05) is 6.54 Å². The maximum absolute atomic E-state index is 6.06. The Morgan fingerprint density at radius 3 is 1.78 bits per heavy atom. The minimum atomic E-state index is 0.669. The van der Waals surface area contributed by atoms with Gasteiger partial charge in [-0.15, -0.1) is 0 Å². The molecule has 0 aliphatic rings. The first kappa shape index (κ1) is 24.3. The van der Waals surface area contributed by atoms with Crippen LogP contribution in [0.3, 0.4) is 0 Å². The lowest BCUT2D eigenvalue weighted by molar-refractivity contribution is 0.313. The summed E-state index contributed by atoms with van der Waals surface area (Å²) in [5, 5.41) is 4.14. The molecular formula is C24H42ClNO. The minimum Gasteiger partial charge on any atom is -0.491 e. The van der Waals surface area contributed by atoms with Crippen LogP contribution in [0, 0.1) is 0 Å². The average Bonchev–Trinajstić information content (AvgIpc) is 2.68. The Bertz CT molecular complexity index is 438. The molecule has 0 atom stereocenters. The van der Waals surface area contributed by atoms with Crippen LogP contribution >= 0.6 is 11.6 Å². The van der Waals surface area contributed by atoms with Gasteiger partial charge in [-0.1, -0.05) is 114 Å². The van der Waals surface area contributed by atoms with Gasteiger partial charge in [-0.2, -0.15) is 0 Å². The number of para-hydroxylation sites is 1. The monoisotopic (exact) mass is 395 g/mol. The predicted molar refractivity (Wildman–Crippen MR) is 120 cm³/mol. The first-order chi connectivity index (χ1) is 13.3. The van der Waals surface area contributed by atoms with Crippen molar-refractivity contribution >= 4 is 11.6 Å². The van der Waals surface area contributed by atoms with Crippen LogP contribution in [-0.4, -0.2) is 19.7 Å². The van der Waals surface area contributed by atoms with Gasteiger partial charge in [0.1, 0.15) is 12.4 Å². The molecule has 0 saturated heterocycles. The van der Waals surface area contributed by atoms with Crippen molar-refractivity contribution in [1.29, 1.82) is 0 Å². The van der Waals surface area contributed by atoms with Gasteiger partial charge in [0.25, 0.3) is 0 Å². The van der Waals surface area contributed by atoms with Crippen molar-refractivity contribution in [2.75, 3.05) is 19.7 Å². The molecule has 0 bridgehead atoms. The molecule has 0 aromatic heterocycles. The molecule has 0 heterocycles. The van der Waals surface area contributed by atoms with Gasteiger partial charge in [-0.25, -0.2) is 0 Å². The summed E-state index contributed by atoms with van der Waals surface area (Å²) in [5.74, 6) is 0.775. The van der Waals surface area contributed by atoms with E-state index in [1.165, 1.54) is 89.9 Å². The number of benzene rings is 1. The molecule has 0 spiro atoms. The number of ether oxygens (including phenoxy) is 1. The number of rotatable bonds is 19. The summed E-state index contributed by atoms with van der Waals surface area (Å²) in [6, 6.07) is 7.64. The average molecular weight is 396 g/mol. The highest BCUT2D eigenvalue weighted by atomic mass is 35.5. The highest BCUT2D eigenvalue weighted by molar-refractivity contribution is 6.32. The van der Waals surface area contributed by atoms with E-state index in [2.05, 4.69) is 12.2 Å². The molecule has 1 N–H and O–H groups in total. The highest BCUT2D eigenvalue weighted by Gasteiger charge is 1.98. The van der Waals surface area contributed by atoms with Crippen molar-refractivity contribution in [3.8, 4) is 5.75 Å². The van der Waals surface area contributed by atoms with Gasteiger partial charge in [-0.3, -0.25) is 0 Å². The first-order valence-corrected chi connectivity index (χ1v) is 11.8. The van der Waals surface area contributed by atoms with Gasteiger partial charge in [0.05, 0.1) is 5.02 Å². The summed E-state index contributed by atoms with van der Waals surface area (Å²) in [4.78, 5) is 0. The molecule has 1 rings (SSSR count). The molecule has 0 saturated carbocycles. The molecule has 0 aliphatic heterocycles. The van der Waals surface area contributed by atoms with E-state index in [0.717, 1.165) is 18.8 Å². The quantitative estimate of drug-likeness (QED) is 0.241. The Hall–Kier alpha value is -0.730. The van der Waals surface area contributed by atoms with Gasteiger partial charge >= 0.3 is 0 Å². The number of nitrogens with one attached hydrogen (secondary N) is 1. The van der Waals surface area contributed by atoms with Crippen molar-refractivity contribution in [2.24, 2.45) is 0 Å². The molecule has 1 aromatic carbocycles. The lowest BCUT2D eigenvalue weighted by atomic mass is 10.0. The summed E-state index contributed by atoms with van der Waals surface area (Å²) >= 11 is 6.06. The summed E-state index contributed by atoms with van der Waals surface area (Å²) in [7, 11) is 0. The maximum Gasteiger partial charge on any atom is 0.137 e. The smallest absolute Gasteiger partial charge is 0.137 e. The summed E-state index contributed by atoms with van der Waals surface area (Å²) in [6.45, 7) is 4.92. The van der Waals surface area contributed by atoms with E-state index in [1.807, 2.05) is 24.3 Å². The zero-order valence-electron chi connectivity index (χ0n) is 17.6. The van der Waals surface area contributed by atoms with E-state index in [-0.39, 0.29) is 0 Å². The number of halogens is 1. The molecule has 0 fully saturated rings. The van der Waals surface area contributed by atoms with Crippen molar-refractivity contribution < 1.29 is 4.74 Å². The number of hydrogen-bond acceptors (Lipinski definition) is 2. The summed E-state index contributed by atoms with van der Waals surface area (Å²) < 4.78 is 5.67. The van der Waals surface area contributed by atoms with E-state index in [4.69, 9.17) is 16.3 Å². The zero-order chi connectivity index (χ0) is 19.4. The third-order valence-corrected chi connectivity index (χ3v) is 5.39. The predicted octanol–water partition coefficient (Wildman–Crippen LogP) is 7.79. The van der Waals surface area contributed by atoms with Crippen LogP contribution in [0.15, 0.2) is 24.3 Å². The van der Waals surface area contributed by atoms with E-state index in [9.17, 15) is 0 Å². The third-order valence-electron chi connectivity index (χ3n) is 5.08. The largest absolute Gasteiger partial charge is 0.491 e. The van der Waals surface area contributed by atoms with Crippen molar-refractivity contribution in [2.45, 2.75) is 96.8 Å². The van der Waals surface area contributed by atoms with Crippen LogP contribution in [0.25, 0.3) is 0 Å². The van der Waals surface area contributed by atoms with Crippen molar-refractivity contribution in [3.63, 3.8) is 0 Å². The highest BCUT2D eigenvalue weighted by Crippen LogP contribution is 2.22. The van der Waals surface area contributed by atoms with Crippen molar-refractivity contribution in [1.82, 2.24) is 5.32 Å². The Balaban J connectivity index is 1.73. The van der Waals surface area contributed by atoms with Crippen LogP contribution in [0.5, 0.6) is 5.75 Å². The Morgan fingerprint density at radius 2 is 1.22 bits per heavy atom. The second kappa shape index (κ2) is 18.6. The Morgan fingerprint density at radius 1 is 0.704 bits per heavy atom. The van der Waals surface area contributed by atoms with Crippen molar-refractivity contribution in [3.05, 3.63) is 29.3 Å². The Kier molecular flexibility index (Phi) is 16.8. The topological polar surface area (TPSA) is 21.3 Å². The van der Waals surface area contributed by atoms with Crippen LogP contribution in [-0.2, 0) is 0 Å². The normalized spacial score (nSPS) is 11.0.